The topological polar surface area (TPSA) is 56.2 Å². The summed E-state index contributed by atoms with van der Waals surface area (Å²) in [6, 6.07) is 14.5. The molecule has 0 radical (unpaired) electrons. The number of halogens is 2. The van der Waals surface area contributed by atoms with E-state index in [-0.39, 0.29) is 17.2 Å². The van der Waals surface area contributed by atoms with Gasteiger partial charge in [0.15, 0.2) is 0 Å². The minimum atomic E-state index is -0.353. The number of aryl methyl sites for hydroxylation is 1. The SMILES string of the molecule is Cc1nn(-c2ccccc2)c(Cl)c1C(=O)Nc1ccc(OC(C)C)c(Cl)c1. The molecule has 2 aromatic carbocycles. The van der Waals surface area contributed by atoms with Crippen molar-refractivity contribution in [3.63, 3.8) is 0 Å². The fourth-order valence-corrected chi connectivity index (χ4v) is 3.20. The average Bonchev–Trinajstić information content (AvgIpc) is 2.92. The number of ether oxygens (including phenoxy) is 1. The Morgan fingerprint density at radius 2 is 1.85 bits per heavy atom. The van der Waals surface area contributed by atoms with Crippen LogP contribution < -0.4 is 10.1 Å². The highest BCUT2D eigenvalue weighted by Crippen LogP contribution is 2.30. The van der Waals surface area contributed by atoms with Gasteiger partial charge < -0.3 is 10.1 Å². The van der Waals surface area contributed by atoms with Gasteiger partial charge in [-0.05, 0) is 51.1 Å². The van der Waals surface area contributed by atoms with Gasteiger partial charge in [-0.3, -0.25) is 4.79 Å². The lowest BCUT2D eigenvalue weighted by Gasteiger charge is -2.12. The zero-order chi connectivity index (χ0) is 19.6. The van der Waals surface area contributed by atoms with Crippen molar-refractivity contribution in [1.29, 1.82) is 0 Å². The smallest absolute Gasteiger partial charge is 0.260 e. The molecule has 0 atom stereocenters. The van der Waals surface area contributed by atoms with E-state index >= 15 is 0 Å². The Morgan fingerprint density at radius 1 is 1.15 bits per heavy atom. The van der Waals surface area contributed by atoms with Crippen molar-refractivity contribution in [2.45, 2.75) is 26.9 Å². The van der Waals surface area contributed by atoms with Gasteiger partial charge in [0.25, 0.3) is 5.91 Å². The fourth-order valence-electron chi connectivity index (χ4n) is 2.62. The Bertz CT molecular complexity index is 969. The Labute approximate surface area is 167 Å². The number of anilines is 1. The largest absolute Gasteiger partial charge is 0.489 e. The number of carbonyl (C=O) groups excluding carboxylic acids is 1. The molecule has 27 heavy (non-hydrogen) atoms. The lowest BCUT2D eigenvalue weighted by Crippen LogP contribution is -2.13. The number of benzene rings is 2. The standard InChI is InChI=1S/C20H19Cl2N3O2/c1-12(2)27-17-10-9-14(11-16(17)21)23-20(26)18-13(3)24-25(19(18)22)15-7-5-4-6-8-15/h4-12H,1-3H3,(H,23,26). The Balaban J connectivity index is 1.85. The lowest BCUT2D eigenvalue weighted by atomic mass is 10.2. The maximum atomic E-state index is 12.8. The maximum Gasteiger partial charge on any atom is 0.260 e. The molecule has 1 aromatic heterocycles. The monoisotopic (exact) mass is 403 g/mol. The molecular formula is C20H19Cl2N3O2. The minimum Gasteiger partial charge on any atom is -0.489 e. The summed E-state index contributed by atoms with van der Waals surface area (Å²) < 4.78 is 7.14. The highest BCUT2D eigenvalue weighted by Gasteiger charge is 2.21. The Kier molecular flexibility index (Phi) is 5.73. The number of carbonyl (C=O) groups is 1. The molecule has 0 saturated heterocycles. The average molecular weight is 404 g/mol. The van der Waals surface area contributed by atoms with Crippen molar-refractivity contribution < 1.29 is 9.53 Å². The van der Waals surface area contributed by atoms with Crippen LogP contribution in [0.15, 0.2) is 48.5 Å². The molecule has 0 saturated carbocycles. The molecule has 0 bridgehead atoms. The first-order valence-corrected chi connectivity index (χ1v) is 9.20. The summed E-state index contributed by atoms with van der Waals surface area (Å²) in [6.07, 6.45) is 0.00761. The zero-order valence-electron chi connectivity index (χ0n) is 15.2. The van der Waals surface area contributed by atoms with E-state index in [4.69, 9.17) is 27.9 Å². The number of rotatable bonds is 5. The summed E-state index contributed by atoms with van der Waals surface area (Å²) in [7, 11) is 0. The first-order valence-electron chi connectivity index (χ1n) is 8.45. The van der Waals surface area contributed by atoms with Crippen LogP contribution in [-0.2, 0) is 0 Å². The molecule has 0 fully saturated rings. The van der Waals surface area contributed by atoms with Crippen molar-refractivity contribution in [2.75, 3.05) is 5.32 Å². The minimum absolute atomic E-state index is 0.00761. The van der Waals surface area contributed by atoms with E-state index in [0.29, 0.717) is 27.7 Å². The normalized spacial score (nSPS) is 10.9. The van der Waals surface area contributed by atoms with E-state index in [0.717, 1.165) is 5.69 Å². The first-order chi connectivity index (χ1) is 12.9. The Morgan fingerprint density at radius 3 is 2.48 bits per heavy atom. The number of nitrogens with zero attached hydrogens (tertiary/aromatic N) is 2. The van der Waals surface area contributed by atoms with Crippen LogP contribution in [0.5, 0.6) is 5.75 Å². The molecule has 1 N–H and O–H groups in total. The third kappa shape index (κ3) is 4.26. The second kappa shape index (κ2) is 8.03. The molecule has 0 unspecified atom stereocenters. The van der Waals surface area contributed by atoms with Gasteiger partial charge in [0, 0.05) is 5.69 Å². The summed E-state index contributed by atoms with van der Waals surface area (Å²) in [4.78, 5) is 12.8. The van der Waals surface area contributed by atoms with Gasteiger partial charge >= 0.3 is 0 Å². The van der Waals surface area contributed by atoms with Crippen LogP contribution in [0.2, 0.25) is 10.2 Å². The second-order valence-corrected chi connectivity index (χ2v) is 7.03. The molecule has 1 amide bonds. The van der Waals surface area contributed by atoms with Gasteiger partial charge in [-0.2, -0.15) is 5.10 Å². The molecule has 3 rings (SSSR count). The van der Waals surface area contributed by atoms with Crippen LogP contribution in [-0.4, -0.2) is 21.8 Å². The van der Waals surface area contributed by atoms with Crippen LogP contribution in [0, 0.1) is 6.92 Å². The second-order valence-electron chi connectivity index (χ2n) is 6.26. The number of nitrogens with one attached hydrogen (secondary N) is 1. The molecule has 140 valence electrons. The predicted molar refractivity (Wildman–Crippen MR) is 108 cm³/mol. The molecule has 0 spiro atoms. The van der Waals surface area contributed by atoms with Gasteiger partial charge in [-0.15, -0.1) is 0 Å². The van der Waals surface area contributed by atoms with Crippen LogP contribution in [0.25, 0.3) is 5.69 Å². The zero-order valence-corrected chi connectivity index (χ0v) is 16.7. The van der Waals surface area contributed by atoms with E-state index in [1.54, 1.807) is 29.8 Å². The molecule has 3 aromatic rings. The van der Waals surface area contributed by atoms with Gasteiger partial charge in [0.1, 0.15) is 16.5 Å². The summed E-state index contributed by atoms with van der Waals surface area (Å²) >= 11 is 12.7. The molecule has 5 nitrogen and oxygen atoms in total. The lowest BCUT2D eigenvalue weighted by molar-refractivity contribution is 0.102. The number of hydrogen-bond acceptors (Lipinski definition) is 3. The number of amides is 1. The van der Waals surface area contributed by atoms with Crippen molar-refractivity contribution in [2.24, 2.45) is 0 Å². The maximum absolute atomic E-state index is 12.8. The summed E-state index contributed by atoms with van der Waals surface area (Å²) in [6.45, 7) is 5.58. The summed E-state index contributed by atoms with van der Waals surface area (Å²) in [5.41, 5.74) is 2.18. The number of para-hydroxylation sites is 1. The van der Waals surface area contributed by atoms with E-state index in [1.807, 2.05) is 44.2 Å². The van der Waals surface area contributed by atoms with Crippen molar-refractivity contribution in [3.8, 4) is 11.4 Å². The van der Waals surface area contributed by atoms with E-state index in [1.165, 1.54) is 0 Å². The van der Waals surface area contributed by atoms with Crippen LogP contribution in [0.4, 0.5) is 5.69 Å². The highest BCUT2D eigenvalue weighted by molar-refractivity contribution is 6.34. The molecule has 1 heterocycles. The molecular weight excluding hydrogens is 385 g/mol. The third-order valence-corrected chi connectivity index (χ3v) is 4.43. The van der Waals surface area contributed by atoms with Crippen LogP contribution >= 0.6 is 23.2 Å². The van der Waals surface area contributed by atoms with Crippen LogP contribution in [0.3, 0.4) is 0 Å². The van der Waals surface area contributed by atoms with Gasteiger partial charge in [0.05, 0.1) is 22.5 Å². The van der Waals surface area contributed by atoms with Crippen molar-refractivity contribution in [1.82, 2.24) is 9.78 Å². The van der Waals surface area contributed by atoms with Gasteiger partial charge in [0.2, 0.25) is 0 Å². The summed E-state index contributed by atoms with van der Waals surface area (Å²) in [5.74, 6) is 0.212. The fraction of sp³-hybridized carbons (Fsp3) is 0.200. The molecule has 0 aliphatic carbocycles. The quantitative estimate of drug-likeness (QED) is 0.609. The number of hydrogen-bond donors (Lipinski definition) is 1. The van der Waals surface area contributed by atoms with E-state index in [2.05, 4.69) is 10.4 Å². The van der Waals surface area contributed by atoms with E-state index in [9.17, 15) is 4.79 Å². The molecule has 0 aliphatic heterocycles. The highest BCUT2D eigenvalue weighted by atomic mass is 35.5. The Hall–Kier alpha value is -2.50. The molecule has 7 heteroatoms. The predicted octanol–water partition coefficient (Wildman–Crippen LogP) is 5.53. The first kappa shape index (κ1) is 19.3. The van der Waals surface area contributed by atoms with Crippen LogP contribution in [0.1, 0.15) is 29.9 Å². The summed E-state index contributed by atoms with van der Waals surface area (Å²) in [5, 5.41) is 7.87. The van der Waals surface area contributed by atoms with Gasteiger partial charge in [-0.25, -0.2) is 4.68 Å². The number of aromatic nitrogens is 2. The van der Waals surface area contributed by atoms with Crippen molar-refractivity contribution >= 4 is 34.8 Å². The van der Waals surface area contributed by atoms with Gasteiger partial charge in [-0.1, -0.05) is 41.4 Å². The van der Waals surface area contributed by atoms with Crippen molar-refractivity contribution in [3.05, 3.63) is 70.0 Å². The van der Waals surface area contributed by atoms with E-state index < -0.39 is 0 Å². The third-order valence-electron chi connectivity index (χ3n) is 3.78. The molecule has 0 aliphatic rings.